The number of anilines is 1. The summed E-state index contributed by atoms with van der Waals surface area (Å²) in [7, 11) is -2.68. The molecule has 0 aliphatic carbocycles. The summed E-state index contributed by atoms with van der Waals surface area (Å²) in [5.41, 5.74) is 3.80. The van der Waals surface area contributed by atoms with Gasteiger partial charge in [0.05, 0.1) is 19.8 Å². The van der Waals surface area contributed by atoms with Crippen LogP contribution in [0.4, 0.5) is 5.69 Å². The highest BCUT2D eigenvalue weighted by Gasteiger charge is 2.47. The lowest BCUT2D eigenvalue weighted by molar-refractivity contribution is 0.0981. The largest absolute Gasteiger partial charge is 0.494 e. The first-order valence-electron chi connectivity index (χ1n) is 9.34. The summed E-state index contributed by atoms with van der Waals surface area (Å²) in [5, 5.41) is -0.854. The molecule has 0 fully saturated rings. The van der Waals surface area contributed by atoms with E-state index in [0.717, 1.165) is 16.8 Å². The van der Waals surface area contributed by atoms with E-state index in [1.807, 2.05) is 44.2 Å². The number of nitrogens with zero attached hydrogens (tertiary/aromatic N) is 1. The number of hydrogen-bond donors (Lipinski definition) is 0. The molecule has 0 radical (unpaired) electrons. The second-order valence-electron chi connectivity index (χ2n) is 7.19. The first-order valence-corrected chi connectivity index (χ1v) is 10.8. The van der Waals surface area contributed by atoms with E-state index < -0.39 is 21.4 Å². The molecule has 28 heavy (non-hydrogen) atoms. The van der Waals surface area contributed by atoms with Gasteiger partial charge in [-0.05, 0) is 61.6 Å². The standard InChI is InChI=1S/C21H23NO5S/c1-4-27-19-11-15-12-20(28(24,25)26-3)18-10-14-7-5-6-8-17(14)22(18)21(23)16(15)9-13(19)2/h5-9,11,18,20H,4,10,12H2,1-3H3/t18-,20?/m0/s1. The normalized spacial score (nSPS) is 21.0. The van der Waals surface area contributed by atoms with Gasteiger partial charge in [-0.15, -0.1) is 0 Å². The molecule has 1 unspecified atom stereocenters. The number of para-hydroxylation sites is 1. The van der Waals surface area contributed by atoms with Gasteiger partial charge in [-0.1, -0.05) is 18.2 Å². The van der Waals surface area contributed by atoms with Crippen LogP contribution in [0.15, 0.2) is 36.4 Å². The molecule has 0 N–H and O–H groups in total. The van der Waals surface area contributed by atoms with E-state index in [2.05, 4.69) is 0 Å². The monoisotopic (exact) mass is 401 g/mol. The van der Waals surface area contributed by atoms with Gasteiger partial charge in [-0.2, -0.15) is 8.42 Å². The number of fused-ring (bicyclic) bond motifs is 4. The lowest BCUT2D eigenvalue weighted by atomic mass is 9.97. The Hall–Kier alpha value is -2.38. The molecule has 1 amide bonds. The number of carbonyl (C=O) groups is 1. The van der Waals surface area contributed by atoms with Crippen LogP contribution in [0.3, 0.4) is 0 Å². The molecular weight excluding hydrogens is 378 g/mol. The molecule has 2 heterocycles. The number of hydrogen-bond acceptors (Lipinski definition) is 5. The smallest absolute Gasteiger partial charge is 0.272 e. The minimum absolute atomic E-state index is 0.176. The van der Waals surface area contributed by atoms with Gasteiger partial charge in [0.25, 0.3) is 16.0 Å². The molecule has 4 rings (SSSR count). The van der Waals surface area contributed by atoms with E-state index in [0.29, 0.717) is 29.9 Å². The topological polar surface area (TPSA) is 72.9 Å². The number of ether oxygens (including phenoxy) is 1. The van der Waals surface area contributed by atoms with Crippen molar-refractivity contribution >= 4 is 21.7 Å². The molecule has 0 saturated carbocycles. The Morgan fingerprint density at radius 3 is 2.61 bits per heavy atom. The van der Waals surface area contributed by atoms with Crippen LogP contribution in [0.2, 0.25) is 0 Å². The van der Waals surface area contributed by atoms with Gasteiger partial charge in [0.2, 0.25) is 0 Å². The van der Waals surface area contributed by atoms with Crippen LogP contribution in [-0.2, 0) is 27.1 Å². The molecule has 6 nitrogen and oxygen atoms in total. The van der Waals surface area contributed by atoms with Crippen molar-refractivity contribution in [3.05, 3.63) is 58.7 Å². The van der Waals surface area contributed by atoms with Crippen molar-refractivity contribution in [3.8, 4) is 5.75 Å². The number of rotatable bonds is 4. The van der Waals surface area contributed by atoms with E-state index >= 15 is 0 Å². The predicted octanol–water partition coefficient (Wildman–Crippen LogP) is 2.87. The molecule has 148 valence electrons. The van der Waals surface area contributed by atoms with Gasteiger partial charge < -0.3 is 9.64 Å². The molecule has 2 aliphatic heterocycles. The Kier molecular flexibility index (Phi) is 4.67. The molecule has 0 spiro atoms. The number of carbonyl (C=O) groups excluding carboxylic acids is 1. The summed E-state index contributed by atoms with van der Waals surface area (Å²) >= 11 is 0. The summed E-state index contributed by atoms with van der Waals surface area (Å²) in [5.74, 6) is 0.495. The van der Waals surface area contributed by atoms with Gasteiger partial charge in [-0.3, -0.25) is 8.98 Å². The summed E-state index contributed by atoms with van der Waals surface area (Å²) in [4.78, 5) is 15.2. The first-order chi connectivity index (χ1) is 13.4. The zero-order valence-corrected chi connectivity index (χ0v) is 17.0. The molecule has 0 aromatic heterocycles. The lowest BCUT2D eigenvalue weighted by Gasteiger charge is -2.28. The molecule has 2 atom stereocenters. The van der Waals surface area contributed by atoms with Gasteiger partial charge >= 0.3 is 0 Å². The fourth-order valence-corrected chi connectivity index (χ4v) is 5.51. The molecule has 0 bridgehead atoms. The average molecular weight is 401 g/mol. The third kappa shape index (κ3) is 2.89. The Bertz CT molecular complexity index is 1050. The maximum absolute atomic E-state index is 13.5. The first kappa shape index (κ1) is 19.0. The van der Waals surface area contributed by atoms with Crippen LogP contribution in [0.5, 0.6) is 5.75 Å². The van der Waals surface area contributed by atoms with Crippen LogP contribution in [0, 0.1) is 6.92 Å². The number of aryl methyl sites for hydroxylation is 1. The van der Waals surface area contributed by atoms with Crippen molar-refractivity contribution in [1.82, 2.24) is 0 Å². The van der Waals surface area contributed by atoms with Crippen molar-refractivity contribution in [3.63, 3.8) is 0 Å². The van der Waals surface area contributed by atoms with Crippen molar-refractivity contribution in [1.29, 1.82) is 0 Å². The quantitative estimate of drug-likeness (QED) is 0.737. The van der Waals surface area contributed by atoms with Crippen molar-refractivity contribution in [2.24, 2.45) is 0 Å². The summed E-state index contributed by atoms with van der Waals surface area (Å²) < 4.78 is 36.2. The average Bonchev–Trinajstić information content (AvgIpc) is 3.01. The van der Waals surface area contributed by atoms with Crippen molar-refractivity contribution < 1.29 is 22.1 Å². The second kappa shape index (κ2) is 6.90. The number of amides is 1. The summed E-state index contributed by atoms with van der Waals surface area (Å²) in [6.07, 6.45) is 0.688. The zero-order valence-electron chi connectivity index (χ0n) is 16.1. The fourth-order valence-electron chi connectivity index (χ4n) is 4.28. The van der Waals surface area contributed by atoms with Crippen LogP contribution < -0.4 is 9.64 Å². The third-order valence-electron chi connectivity index (χ3n) is 5.62. The summed E-state index contributed by atoms with van der Waals surface area (Å²) in [6.45, 7) is 4.28. The molecule has 0 saturated heterocycles. The second-order valence-corrected chi connectivity index (χ2v) is 9.11. The maximum atomic E-state index is 13.5. The Morgan fingerprint density at radius 1 is 1.14 bits per heavy atom. The van der Waals surface area contributed by atoms with E-state index in [1.165, 1.54) is 7.11 Å². The molecule has 2 aromatic carbocycles. The minimum atomic E-state index is -3.85. The van der Waals surface area contributed by atoms with E-state index in [1.54, 1.807) is 11.0 Å². The zero-order chi connectivity index (χ0) is 20.1. The SMILES string of the molecule is CCOc1cc2c(cc1C)C(=O)N1c3ccccc3C[C@H]1C(S(=O)(=O)OC)C2. The third-order valence-corrected chi connectivity index (χ3v) is 7.30. The highest BCUT2D eigenvalue weighted by molar-refractivity contribution is 7.87. The molecule has 2 aliphatic rings. The highest BCUT2D eigenvalue weighted by Crippen LogP contribution is 2.41. The summed E-state index contributed by atoms with van der Waals surface area (Å²) in [6, 6.07) is 10.7. The maximum Gasteiger partial charge on any atom is 0.272 e. The Labute approximate surface area is 165 Å². The van der Waals surface area contributed by atoms with Crippen LogP contribution in [-0.4, -0.2) is 39.3 Å². The minimum Gasteiger partial charge on any atom is -0.494 e. The molecule has 7 heteroatoms. The Morgan fingerprint density at radius 2 is 1.89 bits per heavy atom. The van der Waals surface area contributed by atoms with Gasteiger partial charge in [0, 0.05) is 11.3 Å². The molecular formula is C21H23NO5S. The fraction of sp³-hybridized carbons (Fsp3) is 0.381. The van der Waals surface area contributed by atoms with Crippen LogP contribution in [0.25, 0.3) is 0 Å². The molecule has 2 aromatic rings. The predicted molar refractivity (Wildman–Crippen MR) is 107 cm³/mol. The lowest BCUT2D eigenvalue weighted by Crippen LogP contribution is -2.47. The van der Waals surface area contributed by atoms with E-state index in [4.69, 9.17) is 8.92 Å². The van der Waals surface area contributed by atoms with Crippen molar-refractivity contribution in [2.45, 2.75) is 38.0 Å². The Balaban J connectivity index is 1.92. The van der Waals surface area contributed by atoms with Crippen molar-refractivity contribution in [2.75, 3.05) is 18.6 Å². The highest BCUT2D eigenvalue weighted by atomic mass is 32.2. The van der Waals surface area contributed by atoms with E-state index in [9.17, 15) is 13.2 Å². The van der Waals surface area contributed by atoms with E-state index in [-0.39, 0.29) is 12.3 Å². The van der Waals surface area contributed by atoms with Crippen LogP contribution >= 0.6 is 0 Å². The van der Waals surface area contributed by atoms with Gasteiger partial charge in [0.15, 0.2) is 0 Å². The van der Waals surface area contributed by atoms with Gasteiger partial charge in [0.1, 0.15) is 11.0 Å². The number of benzene rings is 2. The van der Waals surface area contributed by atoms with Crippen LogP contribution in [0.1, 0.15) is 34.0 Å². The van der Waals surface area contributed by atoms with Gasteiger partial charge in [-0.25, -0.2) is 0 Å².